The molecular formula is C104H120B2N4. The largest absolute Gasteiger partial charge is 0.311 e. The lowest BCUT2D eigenvalue weighted by Crippen LogP contribution is -2.62. The van der Waals surface area contributed by atoms with Crippen LogP contribution in [-0.4, -0.2) is 13.4 Å². The fourth-order valence-electron chi connectivity index (χ4n) is 22.8. The predicted octanol–water partition coefficient (Wildman–Crippen LogP) is 24.7. The Morgan fingerprint density at radius 1 is 0.327 bits per heavy atom. The van der Waals surface area contributed by atoms with Crippen LogP contribution in [0.2, 0.25) is 0 Å². The molecule has 4 heterocycles. The van der Waals surface area contributed by atoms with Crippen molar-refractivity contribution in [2.45, 2.75) is 260 Å². The maximum Gasteiger partial charge on any atom is 0.252 e. The van der Waals surface area contributed by atoms with Gasteiger partial charge in [0.05, 0.1) is 0 Å². The van der Waals surface area contributed by atoms with Crippen LogP contribution in [0.1, 0.15) is 261 Å². The fourth-order valence-corrected chi connectivity index (χ4v) is 22.8. The van der Waals surface area contributed by atoms with Gasteiger partial charge in [-0.05, 0) is 343 Å². The third kappa shape index (κ3) is 12.2. The maximum atomic E-state index is 2.79. The number of rotatable bonds is 9. The van der Waals surface area contributed by atoms with Crippen LogP contribution in [-0.2, 0) is 37.9 Å². The van der Waals surface area contributed by atoms with E-state index in [-0.39, 0.29) is 51.3 Å². The third-order valence-electron chi connectivity index (χ3n) is 28.3. The van der Waals surface area contributed by atoms with E-state index in [2.05, 4.69) is 347 Å². The number of anilines is 12. The number of fused-ring (bicyclic) bond motifs is 8. The van der Waals surface area contributed by atoms with Crippen molar-refractivity contribution in [3.8, 4) is 0 Å². The van der Waals surface area contributed by atoms with E-state index in [9.17, 15) is 0 Å². The van der Waals surface area contributed by atoms with E-state index in [4.69, 9.17) is 0 Å². The lowest BCUT2D eigenvalue weighted by molar-refractivity contribution is -0.0651. The van der Waals surface area contributed by atoms with Gasteiger partial charge in [0.1, 0.15) is 0 Å². The van der Waals surface area contributed by atoms with Gasteiger partial charge in [-0.2, -0.15) is 0 Å². The second kappa shape index (κ2) is 25.5. The molecule has 562 valence electrons. The molecule has 10 aromatic carbocycles. The molecule has 2 unspecified atom stereocenters. The maximum absolute atomic E-state index is 2.79. The van der Waals surface area contributed by atoms with Gasteiger partial charge in [0.2, 0.25) is 0 Å². The van der Waals surface area contributed by atoms with Gasteiger partial charge >= 0.3 is 0 Å². The van der Waals surface area contributed by atoms with Gasteiger partial charge in [-0.1, -0.05) is 222 Å². The predicted molar refractivity (Wildman–Crippen MR) is 476 cm³/mol. The number of benzene rings is 10. The monoisotopic (exact) mass is 1450 g/mol. The number of hydrogen-bond donors (Lipinski definition) is 0. The Morgan fingerprint density at radius 2 is 0.655 bits per heavy atom. The van der Waals surface area contributed by atoms with Gasteiger partial charge < -0.3 is 19.6 Å². The number of aryl methyl sites for hydroxylation is 4. The molecule has 9 aliphatic rings. The van der Waals surface area contributed by atoms with Crippen molar-refractivity contribution >= 4 is 114 Å². The highest BCUT2D eigenvalue weighted by Crippen LogP contribution is 2.66. The molecule has 6 heteroatoms. The van der Waals surface area contributed by atoms with E-state index in [1.807, 2.05) is 0 Å². The Kier molecular flexibility index (Phi) is 16.9. The molecule has 0 spiro atoms. The van der Waals surface area contributed by atoms with Gasteiger partial charge in [-0.25, -0.2) is 0 Å². The summed E-state index contributed by atoms with van der Waals surface area (Å²) in [6, 6.07) is 75.6. The summed E-state index contributed by atoms with van der Waals surface area (Å²) in [4.78, 5) is 10.9. The molecule has 0 N–H and O–H groups in total. The van der Waals surface area contributed by atoms with Crippen LogP contribution in [0.4, 0.5) is 68.2 Å². The molecule has 5 fully saturated rings. The summed E-state index contributed by atoms with van der Waals surface area (Å²) >= 11 is 0. The average Bonchev–Trinajstić information content (AvgIpc) is 0.691. The van der Waals surface area contributed by atoms with Crippen molar-refractivity contribution in [2.24, 2.45) is 23.7 Å². The number of hydrogen-bond acceptors (Lipinski definition) is 4. The molecule has 0 radical (unpaired) electrons. The first-order chi connectivity index (χ1) is 52.0. The molecule has 4 bridgehead atoms. The molecule has 19 rings (SSSR count). The Balaban J connectivity index is 0.779. The van der Waals surface area contributed by atoms with E-state index >= 15 is 0 Å². The van der Waals surface area contributed by atoms with Crippen LogP contribution in [0, 0.1) is 51.4 Å². The van der Waals surface area contributed by atoms with E-state index in [0.717, 1.165) is 0 Å². The topological polar surface area (TPSA) is 13.0 Å². The summed E-state index contributed by atoms with van der Waals surface area (Å²) < 4.78 is 0. The Morgan fingerprint density at radius 3 is 1.02 bits per heavy atom. The van der Waals surface area contributed by atoms with Crippen molar-refractivity contribution in [3.63, 3.8) is 0 Å². The van der Waals surface area contributed by atoms with Crippen molar-refractivity contribution in [1.29, 1.82) is 0 Å². The van der Waals surface area contributed by atoms with Gasteiger partial charge in [0.15, 0.2) is 0 Å². The zero-order chi connectivity index (χ0) is 77.2. The zero-order valence-corrected chi connectivity index (χ0v) is 70.4. The second-order valence-electron chi connectivity index (χ2n) is 42.1. The smallest absolute Gasteiger partial charge is 0.252 e. The van der Waals surface area contributed by atoms with Crippen LogP contribution in [0.5, 0.6) is 0 Å². The summed E-state index contributed by atoms with van der Waals surface area (Å²) in [5.41, 5.74) is 40.7. The summed E-state index contributed by atoms with van der Waals surface area (Å²) in [6.45, 7) is 50.2. The van der Waals surface area contributed by atoms with Crippen molar-refractivity contribution < 1.29 is 0 Å². The Labute approximate surface area is 662 Å². The second-order valence-corrected chi connectivity index (χ2v) is 42.1. The molecule has 4 nitrogen and oxygen atoms in total. The minimum Gasteiger partial charge on any atom is -0.311 e. The van der Waals surface area contributed by atoms with Gasteiger partial charge in [-0.3, -0.25) is 0 Å². The Hall–Kier alpha value is -8.47. The Bertz CT molecular complexity index is 5140. The van der Waals surface area contributed by atoms with E-state index < -0.39 is 0 Å². The number of nitrogens with zero attached hydrogens (tertiary/aromatic N) is 4. The average molecular weight is 1450 g/mol. The normalized spacial score (nSPS) is 20.7. The lowest BCUT2D eigenvalue weighted by Gasteiger charge is -2.61. The highest BCUT2D eigenvalue weighted by molar-refractivity contribution is 7.01. The highest BCUT2D eigenvalue weighted by Gasteiger charge is 2.58. The quantitative estimate of drug-likeness (QED) is 0.134. The van der Waals surface area contributed by atoms with E-state index in [1.54, 1.807) is 5.56 Å². The van der Waals surface area contributed by atoms with E-state index in [0.29, 0.717) is 29.6 Å². The minimum absolute atomic E-state index is 0.0254. The molecule has 110 heavy (non-hydrogen) atoms. The van der Waals surface area contributed by atoms with Crippen LogP contribution in [0.15, 0.2) is 182 Å². The highest BCUT2D eigenvalue weighted by atomic mass is 15.2. The van der Waals surface area contributed by atoms with Crippen LogP contribution in [0.3, 0.4) is 0 Å². The minimum atomic E-state index is -0.106. The fraction of sp³-hybridized carbons (Fsp3) is 0.423. The van der Waals surface area contributed by atoms with Crippen molar-refractivity contribution in [1.82, 2.24) is 0 Å². The first-order valence-electron chi connectivity index (χ1n) is 42.5. The molecule has 0 saturated heterocycles. The molecule has 0 aromatic heterocycles. The first kappa shape index (κ1) is 73.0. The standard InChI is InChI=1S/C104H120B2N4/c1-63-43-64(2)46-81(45-63)109-90-40-32-75(101(14,15)16)54-85(90)105-86-55-76(102(17,18)19)33-41-91(86)110(82-47-65(3)44-66(4)48-82)95-58-78(57-94(109)97(95)105)104-59-67-49-70(60-104)83(71(50-67)61-104)62-103(20,21)77-34-42-89-87(56-77)106-84-53-74(100(11,12)13)31-39-88(84)107(79-35-27-72(28-36-79)98(5,6)7)92-51-69(68-25-23-22-24-26-68)52-93(96(92)106)108(89)80-37-29-73(30-38-80)99(8,9)10/h27-48,51-58,67-68,70-71,83H,22-26,49-50,59-62H2,1-21H3. The first-order valence-corrected chi connectivity index (χ1v) is 42.5. The third-order valence-corrected chi connectivity index (χ3v) is 28.3. The van der Waals surface area contributed by atoms with E-state index in [1.165, 1.54) is 233 Å². The summed E-state index contributed by atoms with van der Waals surface area (Å²) in [5.74, 6) is 3.14. The molecule has 2 atom stereocenters. The van der Waals surface area contributed by atoms with Gasteiger partial charge in [0.25, 0.3) is 13.4 Å². The SMILES string of the molecule is Cc1cc(C)cc(N2c3ccc(C(C)(C)C)cc3B3c4cc(C(C)(C)C)ccc4N(c4cc(C)cc(C)c4)c4cc(C56CC7CC(C5)C(CC(C)(C)c5ccc8c(c5)B5c9cc(C(C)(C)C)ccc9N(c9ccc(C(C)(C)C)cc9)c9cc(C%10CCCCC%10)cc(c95)N8c5ccc(C(C)(C)C)cc5)C(C7)C6)cc2c43)c1. The van der Waals surface area contributed by atoms with Crippen molar-refractivity contribution in [2.75, 3.05) is 19.6 Å². The van der Waals surface area contributed by atoms with Gasteiger partial charge in [-0.15, -0.1) is 0 Å². The zero-order valence-electron chi connectivity index (χ0n) is 70.4. The van der Waals surface area contributed by atoms with Crippen molar-refractivity contribution in [3.05, 3.63) is 249 Å². The molecule has 5 saturated carbocycles. The summed E-state index contributed by atoms with van der Waals surface area (Å²) in [7, 11) is 0. The van der Waals surface area contributed by atoms with Crippen LogP contribution in [0.25, 0.3) is 0 Å². The molecule has 0 amide bonds. The molecule has 5 aliphatic carbocycles. The molecule has 10 aromatic rings. The molecule has 4 aliphatic heterocycles. The lowest BCUT2D eigenvalue weighted by atomic mass is 9.33. The van der Waals surface area contributed by atoms with Gasteiger partial charge in [0, 0.05) is 68.2 Å². The van der Waals surface area contributed by atoms with Crippen LogP contribution < -0.4 is 52.4 Å². The molecular weight excluding hydrogens is 1330 g/mol. The summed E-state index contributed by atoms with van der Waals surface area (Å²) in [6.07, 6.45) is 14.0. The summed E-state index contributed by atoms with van der Waals surface area (Å²) in [5, 5.41) is 0. The van der Waals surface area contributed by atoms with Crippen LogP contribution >= 0.6 is 0 Å².